The second-order valence-corrected chi connectivity index (χ2v) is 7.66. The maximum absolute atomic E-state index is 13.2. The fourth-order valence-electron chi connectivity index (χ4n) is 3.75. The fourth-order valence-corrected chi connectivity index (χ4v) is 3.75. The van der Waals surface area contributed by atoms with Gasteiger partial charge in [0.05, 0.1) is 13.7 Å². The quantitative estimate of drug-likeness (QED) is 0.523. The Labute approximate surface area is 177 Å². The van der Waals surface area contributed by atoms with Crippen molar-refractivity contribution in [1.29, 1.82) is 0 Å². The van der Waals surface area contributed by atoms with Crippen molar-refractivity contribution in [3.05, 3.63) is 65.2 Å². The topological polar surface area (TPSA) is 75.7 Å². The van der Waals surface area contributed by atoms with Crippen LogP contribution in [0.2, 0.25) is 0 Å². The highest BCUT2D eigenvalue weighted by molar-refractivity contribution is 6.11. The number of methoxy groups -OCH3 is 1. The summed E-state index contributed by atoms with van der Waals surface area (Å²) in [5.41, 5.74) is 1.14. The molecule has 2 aromatic carbocycles. The molecule has 158 valence electrons. The number of ketones is 1. The Morgan fingerprint density at radius 2 is 1.70 bits per heavy atom. The van der Waals surface area contributed by atoms with Gasteiger partial charge in [0, 0.05) is 5.56 Å². The lowest BCUT2D eigenvalue weighted by Crippen LogP contribution is -2.43. The highest BCUT2D eigenvalue weighted by Gasteiger charge is 2.51. The van der Waals surface area contributed by atoms with Crippen LogP contribution in [0.1, 0.15) is 61.0 Å². The standard InChI is InChI=1S/C24H28N2O4/c1-5-16(3)17-7-9-18(10-8-17)21(27)15-26-22(28)24(6-2,25-23(26)29)19-11-13-20(30-4)14-12-19/h7-14,16H,5-6,15H2,1-4H3,(H,25,29)/t16?,24-/m0/s1. The summed E-state index contributed by atoms with van der Waals surface area (Å²) in [6.07, 6.45) is 1.39. The number of hydrogen-bond acceptors (Lipinski definition) is 4. The predicted molar refractivity (Wildman–Crippen MR) is 115 cm³/mol. The second kappa shape index (κ2) is 8.69. The number of ether oxygens (including phenoxy) is 1. The van der Waals surface area contributed by atoms with E-state index in [1.165, 1.54) is 0 Å². The molecule has 0 spiro atoms. The molecule has 2 atom stereocenters. The molecule has 1 N–H and O–H groups in total. The summed E-state index contributed by atoms with van der Waals surface area (Å²) < 4.78 is 5.17. The molecule has 0 aliphatic carbocycles. The monoisotopic (exact) mass is 408 g/mol. The van der Waals surface area contributed by atoms with Crippen molar-refractivity contribution in [2.45, 2.75) is 45.1 Å². The Kier molecular flexibility index (Phi) is 6.25. The lowest BCUT2D eigenvalue weighted by Gasteiger charge is -2.26. The summed E-state index contributed by atoms with van der Waals surface area (Å²) >= 11 is 0. The number of nitrogens with zero attached hydrogens (tertiary/aromatic N) is 1. The van der Waals surface area contributed by atoms with Crippen LogP contribution in [0, 0.1) is 0 Å². The number of amides is 3. The highest BCUT2D eigenvalue weighted by Crippen LogP contribution is 2.33. The van der Waals surface area contributed by atoms with Crippen LogP contribution >= 0.6 is 0 Å². The number of imide groups is 1. The first-order chi connectivity index (χ1) is 14.4. The van der Waals surface area contributed by atoms with Crippen LogP contribution in [-0.4, -0.2) is 36.3 Å². The van der Waals surface area contributed by atoms with E-state index in [1.54, 1.807) is 43.5 Å². The first-order valence-electron chi connectivity index (χ1n) is 10.3. The van der Waals surface area contributed by atoms with Crippen LogP contribution < -0.4 is 10.1 Å². The third kappa shape index (κ3) is 3.82. The van der Waals surface area contributed by atoms with Crippen LogP contribution in [0.4, 0.5) is 4.79 Å². The molecule has 1 aliphatic rings. The van der Waals surface area contributed by atoms with E-state index in [-0.39, 0.29) is 12.3 Å². The van der Waals surface area contributed by atoms with Crippen molar-refractivity contribution in [3.63, 3.8) is 0 Å². The number of Topliss-reactive ketones (excluding diaryl/α,β-unsaturated/α-hetero) is 1. The van der Waals surface area contributed by atoms with Gasteiger partial charge in [-0.3, -0.25) is 14.5 Å². The molecule has 30 heavy (non-hydrogen) atoms. The van der Waals surface area contributed by atoms with Crippen LogP contribution in [0.5, 0.6) is 5.75 Å². The van der Waals surface area contributed by atoms with Crippen LogP contribution in [0.25, 0.3) is 0 Å². The third-order valence-corrected chi connectivity index (χ3v) is 6.00. The van der Waals surface area contributed by atoms with Gasteiger partial charge in [0.1, 0.15) is 11.3 Å². The molecule has 0 radical (unpaired) electrons. The van der Waals surface area contributed by atoms with Crippen molar-refractivity contribution < 1.29 is 19.1 Å². The SMILES string of the molecule is CCC(C)c1ccc(C(=O)CN2C(=O)N[C@@](CC)(c3ccc(OC)cc3)C2=O)cc1. The van der Waals surface area contributed by atoms with Gasteiger partial charge in [-0.05, 0) is 42.0 Å². The van der Waals surface area contributed by atoms with E-state index in [0.717, 1.165) is 16.9 Å². The van der Waals surface area contributed by atoms with E-state index in [0.29, 0.717) is 29.2 Å². The average molecular weight is 408 g/mol. The van der Waals surface area contributed by atoms with Gasteiger partial charge in [-0.2, -0.15) is 0 Å². The summed E-state index contributed by atoms with van der Waals surface area (Å²) in [7, 11) is 1.57. The summed E-state index contributed by atoms with van der Waals surface area (Å²) in [6, 6.07) is 13.9. The van der Waals surface area contributed by atoms with Crippen LogP contribution in [0.3, 0.4) is 0 Å². The number of carbonyl (C=O) groups is 3. The minimum Gasteiger partial charge on any atom is -0.497 e. The number of rotatable bonds is 8. The molecule has 0 saturated carbocycles. The molecule has 3 rings (SSSR count). The summed E-state index contributed by atoms with van der Waals surface area (Å²) in [5.74, 6) is 0.394. The van der Waals surface area contributed by atoms with E-state index in [2.05, 4.69) is 19.2 Å². The Bertz CT molecular complexity index is 937. The smallest absolute Gasteiger partial charge is 0.325 e. The van der Waals surface area contributed by atoms with Crippen molar-refractivity contribution in [3.8, 4) is 5.75 Å². The van der Waals surface area contributed by atoms with Crippen molar-refractivity contribution in [2.75, 3.05) is 13.7 Å². The summed E-state index contributed by atoms with van der Waals surface area (Å²) in [6.45, 7) is 5.80. The van der Waals surface area contributed by atoms with Gasteiger partial charge in [-0.15, -0.1) is 0 Å². The molecular weight excluding hydrogens is 380 g/mol. The van der Waals surface area contributed by atoms with Gasteiger partial charge < -0.3 is 10.1 Å². The minimum atomic E-state index is -1.18. The average Bonchev–Trinajstić information content (AvgIpc) is 3.03. The van der Waals surface area contributed by atoms with Gasteiger partial charge in [-0.1, -0.05) is 57.2 Å². The van der Waals surface area contributed by atoms with E-state index in [9.17, 15) is 14.4 Å². The van der Waals surface area contributed by atoms with Gasteiger partial charge in [0.15, 0.2) is 5.78 Å². The fraction of sp³-hybridized carbons (Fsp3) is 0.375. The summed E-state index contributed by atoms with van der Waals surface area (Å²) in [4.78, 5) is 39.6. The molecule has 2 aromatic rings. The van der Waals surface area contributed by atoms with E-state index in [1.807, 2.05) is 19.1 Å². The highest BCUT2D eigenvalue weighted by atomic mass is 16.5. The van der Waals surface area contributed by atoms with Gasteiger partial charge in [-0.25, -0.2) is 4.79 Å². The van der Waals surface area contributed by atoms with E-state index < -0.39 is 17.5 Å². The van der Waals surface area contributed by atoms with Crippen molar-refractivity contribution >= 4 is 17.7 Å². The number of carbonyl (C=O) groups excluding carboxylic acids is 3. The van der Waals surface area contributed by atoms with Crippen molar-refractivity contribution in [1.82, 2.24) is 10.2 Å². The molecule has 6 nitrogen and oxygen atoms in total. The number of benzene rings is 2. The maximum Gasteiger partial charge on any atom is 0.325 e. The largest absolute Gasteiger partial charge is 0.497 e. The molecule has 6 heteroatoms. The predicted octanol–water partition coefficient (Wildman–Crippen LogP) is 4.25. The van der Waals surface area contributed by atoms with Crippen LogP contribution in [-0.2, 0) is 10.3 Å². The molecule has 0 aromatic heterocycles. The third-order valence-electron chi connectivity index (χ3n) is 6.00. The normalized spacial score (nSPS) is 19.5. The van der Waals surface area contributed by atoms with Gasteiger partial charge >= 0.3 is 6.03 Å². The lowest BCUT2D eigenvalue weighted by atomic mass is 9.87. The Hall–Kier alpha value is -3.15. The lowest BCUT2D eigenvalue weighted by molar-refractivity contribution is -0.131. The molecule has 1 saturated heterocycles. The van der Waals surface area contributed by atoms with Gasteiger partial charge in [0.25, 0.3) is 5.91 Å². The number of hydrogen-bond donors (Lipinski definition) is 1. The Morgan fingerprint density at radius 1 is 1.07 bits per heavy atom. The first-order valence-corrected chi connectivity index (χ1v) is 10.3. The molecule has 0 bridgehead atoms. The van der Waals surface area contributed by atoms with E-state index >= 15 is 0 Å². The first kappa shape index (κ1) is 21.6. The molecule has 1 unspecified atom stereocenters. The number of urea groups is 1. The van der Waals surface area contributed by atoms with Crippen molar-refractivity contribution in [2.24, 2.45) is 0 Å². The molecule has 1 aliphatic heterocycles. The molecule has 1 heterocycles. The summed E-state index contributed by atoms with van der Waals surface area (Å²) in [5, 5.41) is 2.80. The second-order valence-electron chi connectivity index (χ2n) is 7.66. The maximum atomic E-state index is 13.2. The zero-order valence-corrected chi connectivity index (χ0v) is 17.9. The molecule has 1 fully saturated rings. The minimum absolute atomic E-state index is 0.268. The van der Waals surface area contributed by atoms with Crippen LogP contribution in [0.15, 0.2) is 48.5 Å². The Balaban J connectivity index is 1.80. The van der Waals surface area contributed by atoms with E-state index in [4.69, 9.17) is 4.74 Å². The van der Waals surface area contributed by atoms with Gasteiger partial charge in [0.2, 0.25) is 0 Å². The number of nitrogens with one attached hydrogen (secondary N) is 1. The zero-order valence-electron chi connectivity index (χ0n) is 17.9. The Morgan fingerprint density at radius 3 is 2.23 bits per heavy atom. The molecular formula is C24H28N2O4. The zero-order chi connectivity index (χ0) is 21.9. The molecule has 3 amide bonds.